The molecule has 1 aromatic heterocycles. The minimum absolute atomic E-state index is 0.533. The zero-order valence-corrected chi connectivity index (χ0v) is 11.9. The van der Waals surface area contributed by atoms with E-state index in [1.54, 1.807) is 6.08 Å². The molecule has 0 bridgehead atoms. The summed E-state index contributed by atoms with van der Waals surface area (Å²) in [6.07, 6.45) is 4.65. The fraction of sp³-hybridized carbons (Fsp3) is 0.312. The molecule has 20 heavy (non-hydrogen) atoms. The summed E-state index contributed by atoms with van der Waals surface area (Å²) in [7, 11) is 1.93. The lowest BCUT2D eigenvalue weighted by molar-refractivity contribution is 0.358. The number of hydrogen-bond acceptors (Lipinski definition) is 3. The summed E-state index contributed by atoms with van der Waals surface area (Å²) in [5.41, 5.74) is 2.27. The normalized spacial score (nSPS) is 10.4. The van der Waals surface area contributed by atoms with Crippen LogP contribution in [0.4, 0.5) is 0 Å². The lowest BCUT2D eigenvalue weighted by Crippen LogP contribution is -2.17. The third-order valence-electron chi connectivity index (χ3n) is 2.97. The molecule has 0 spiro atoms. The van der Waals surface area contributed by atoms with Crippen LogP contribution < -0.4 is 10.1 Å². The maximum Gasteiger partial charge on any atom is 0.124 e. The quantitative estimate of drug-likeness (QED) is 0.591. The molecule has 1 aromatic carbocycles. The van der Waals surface area contributed by atoms with E-state index < -0.39 is 0 Å². The maximum atomic E-state index is 5.63. The molecule has 0 aliphatic rings. The lowest BCUT2D eigenvalue weighted by atomic mass is 10.2. The van der Waals surface area contributed by atoms with Crippen LogP contribution in [0.25, 0.3) is 0 Å². The van der Waals surface area contributed by atoms with Crippen LogP contribution in [0.2, 0.25) is 0 Å². The summed E-state index contributed by atoms with van der Waals surface area (Å²) < 4.78 is 7.46. The van der Waals surface area contributed by atoms with Gasteiger partial charge in [0.05, 0.1) is 5.69 Å². The van der Waals surface area contributed by atoms with Gasteiger partial charge in [0.15, 0.2) is 0 Å². The summed E-state index contributed by atoms with van der Waals surface area (Å²) in [5, 5.41) is 7.78. The summed E-state index contributed by atoms with van der Waals surface area (Å²) >= 11 is 0. The molecule has 106 valence electrons. The van der Waals surface area contributed by atoms with Crippen molar-refractivity contribution in [3.8, 4) is 5.75 Å². The average Bonchev–Trinajstić information content (AvgIpc) is 2.88. The maximum absolute atomic E-state index is 5.63. The Hall–Kier alpha value is -2.07. The van der Waals surface area contributed by atoms with Crippen molar-refractivity contribution in [2.24, 2.45) is 7.05 Å². The largest absolute Gasteiger partial charge is 0.489 e. The molecule has 0 amide bonds. The fourth-order valence-corrected chi connectivity index (χ4v) is 1.98. The molecule has 2 aromatic rings. The fourth-order valence-electron chi connectivity index (χ4n) is 1.98. The van der Waals surface area contributed by atoms with Crippen LogP contribution in [0.3, 0.4) is 0 Å². The van der Waals surface area contributed by atoms with Crippen LogP contribution in [-0.4, -0.2) is 22.9 Å². The Balaban J connectivity index is 1.80. The predicted molar refractivity (Wildman–Crippen MR) is 80.8 cm³/mol. The number of hydrogen-bond donors (Lipinski definition) is 1. The van der Waals surface area contributed by atoms with E-state index in [1.807, 2.05) is 42.2 Å². The van der Waals surface area contributed by atoms with Gasteiger partial charge in [0.25, 0.3) is 0 Å². The highest BCUT2D eigenvalue weighted by Gasteiger charge is 2.02. The van der Waals surface area contributed by atoms with Gasteiger partial charge in [-0.05, 0) is 12.1 Å². The molecule has 4 nitrogen and oxygen atoms in total. The van der Waals surface area contributed by atoms with E-state index in [2.05, 4.69) is 23.1 Å². The van der Waals surface area contributed by atoms with E-state index in [4.69, 9.17) is 4.74 Å². The molecule has 0 atom stereocenters. The molecule has 1 heterocycles. The van der Waals surface area contributed by atoms with Gasteiger partial charge in [-0.15, -0.1) is 0 Å². The van der Waals surface area contributed by atoms with E-state index in [0.717, 1.165) is 36.5 Å². The molecule has 4 heteroatoms. The number of para-hydroxylation sites is 1. The first kappa shape index (κ1) is 14.3. The molecule has 0 unspecified atom stereocenters. The average molecular weight is 271 g/mol. The Morgan fingerprint density at radius 3 is 2.95 bits per heavy atom. The van der Waals surface area contributed by atoms with Gasteiger partial charge in [-0.1, -0.05) is 30.9 Å². The molecule has 0 aliphatic carbocycles. The molecule has 0 radical (unpaired) electrons. The van der Waals surface area contributed by atoms with E-state index in [0.29, 0.717) is 6.61 Å². The van der Waals surface area contributed by atoms with Crippen LogP contribution in [-0.2, 0) is 20.0 Å². The highest BCUT2D eigenvalue weighted by molar-refractivity contribution is 5.33. The number of ether oxygens (including phenoxy) is 1. The Bertz CT molecular complexity index is 548. The van der Waals surface area contributed by atoms with Crippen molar-refractivity contribution in [2.45, 2.75) is 13.0 Å². The van der Waals surface area contributed by atoms with Crippen molar-refractivity contribution in [1.29, 1.82) is 0 Å². The van der Waals surface area contributed by atoms with Crippen molar-refractivity contribution in [1.82, 2.24) is 15.1 Å². The summed E-state index contributed by atoms with van der Waals surface area (Å²) in [5.74, 6) is 0.915. The number of nitrogens with zero attached hydrogens (tertiary/aromatic N) is 2. The van der Waals surface area contributed by atoms with Crippen LogP contribution >= 0.6 is 0 Å². The number of nitrogens with one attached hydrogen (secondary N) is 1. The molecular weight excluding hydrogens is 250 g/mol. The zero-order chi connectivity index (χ0) is 14.2. The first-order valence-corrected chi connectivity index (χ1v) is 6.80. The van der Waals surface area contributed by atoms with Gasteiger partial charge in [0, 0.05) is 38.3 Å². The smallest absolute Gasteiger partial charge is 0.124 e. The number of aromatic nitrogens is 2. The summed E-state index contributed by atoms with van der Waals surface area (Å²) in [6, 6.07) is 10.1. The van der Waals surface area contributed by atoms with E-state index in [-0.39, 0.29) is 0 Å². The minimum Gasteiger partial charge on any atom is -0.489 e. The van der Waals surface area contributed by atoms with Crippen molar-refractivity contribution in [3.63, 3.8) is 0 Å². The van der Waals surface area contributed by atoms with Gasteiger partial charge in [-0.3, -0.25) is 4.68 Å². The first-order valence-electron chi connectivity index (χ1n) is 6.80. The molecule has 0 saturated heterocycles. The van der Waals surface area contributed by atoms with Gasteiger partial charge in [0.2, 0.25) is 0 Å². The lowest BCUT2D eigenvalue weighted by Gasteiger charge is -2.10. The molecule has 2 rings (SSSR count). The second-order valence-corrected chi connectivity index (χ2v) is 4.61. The predicted octanol–water partition coefficient (Wildman–Crippen LogP) is 2.32. The van der Waals surface area contributed by atoms with Crippen molar-refractivity contribution >= 4 is 0 Å². The van der Waals surface area contributed by atoms with Gasteiger partial charge >= 0.3 is 0 Å². The molecule has 0 fully saturated rings. The third-order valence-corrected chi connectivity index (χ3v) is 2.97. The number of aryl methyl sites for hydroxylation is 1. The highest BCUT2D eigenvalue weighted by atomic mass is 16.5. The van der Waals surface area contributed by atoms with E-state index in [1.165, 1.54) is 0 Å². The minimum atomic E-state index is 0.533. The number of rotatable bonds is 8. The summed E-state index contributed by atoms with van der Waals surface area (Å²) in [6.45, 7) is 5.89. The van der Waals surface area contributed by atoms with Crippen molar-refractivity contribution in [2.75, 3.05) is 13.2 Å². The van der Waals surface area contributed by atoms with Crippen LogP contribution in [0, 0.1) is 0 Å². The Morgan fingerprint density at radius 2 is 2.20 bits per heavy atom. The first-order chi connectivity index (χ1) is 9.79. The topological polar surface area (TPSA) is 39.1 Å². The van der Waals surface area contributed by atoms with E-state index in [9.17, 15) is 0 Å². The molecule has 0 aliphatic heterocycles. The second-order valence-electron chi connectivity index (χ2n) is 4.61. The van der Waals surface area contributed by atoms with Crippen molar-refractivity contribution < 1.29 is 4.74 Å². The highest BCUT2D eigenvalue weighted by Crippen LogP contribution is 2.17. The van der Waals surface area contributed by atoms with Gasteiger partial charge < -0.3 is 10.1 Å². The van der Waals surface area contributed by atoms with Crippen molar-refractivity contribution in [3.05, 3.63) is 60.4 Å². The van der Waals surface area contributed by atoms with Crippen LogP contribution in [0.15, 0.2) is 49.2 Å². The standard InChI is InChI=1S/C16H21N3O/c1-3-12-20-16-7-5-4-6-14(16)13-17-10-8-15-9-11-19(2)18-15/h3-7,9,11,17H,1,8,10,12-13H2,2H3. The Kier molecular flexibility index (Phi) is 5.38. The summed E-state index contributed by atoms with van der Waals surface area (Å²) in [4.78, 5) is 0. The molecule has 1 N–H and O–H groups in total. The monoisotopic (exact) mass is 271 g/mol. The third kappa shape index (κ3) is 4.24. The van der Waals surface area contributed by atoms with Crippen LogP contribution in [0.5, 0.6) is 5.75 Å². The number of benzene rings is 1. The zero-order valence-electron chi connectivity index (χ0n) is 11.9. The Morgan fingerprint density at radius 1 is 1.35 bits per heavy atom. The van der Waals surface area contributed by atoms with Crippen LogP contribution in [0.1, 0.15) is 11.3 Å². The van der Waals surface area contributed by atoms with Gasteiger partial charge in [0.1, 0.15) is 12.4 Å². The molecular formula is C16H21N3O. The molecule has 0 saturated carbocycles. The van der Waals surface area contributed by atoms with Gasteiger partial charge in [-0.2, -0.15) is 5.10 Å². The van der Waals surface area contributed by atoms with E-state index >= 15 is 0 Å². The van der Waals surface area contributed by atoms with Gasteiger partial charge in [-0.25, -0.2) is 0 Å². The SMILES string of the molecule is C=CCOc1ccccc1CNCCc1ccn(C)n1. The Labute approximate surface area is 120 Å². The second kappa shape index (κ2) is 7.50.